The van der Waals surface area contributed by atoms with Crippen LogP contribution < -0.4 is 46.6 Å². The van der Waals surface area contributed by atoms with Crippen LogP contribution in [0.1, 0.15) is 338 Å². The number of nitrogens with zero attached hydrogens (tertiary/aromatic N) is 3. The maximum Gasteiger partial charge on any atom is 0.333 e. The predicted octanol–water partition coefficient (Wildman–Crippen LogP) is 20.2. The number of ketones is 3. The van der Waals surface area contributed by atoms with Crippen LogP contribution in [-0.2, 0) is 89.1 Å². The lowest BCUT2D eigenvalue weighted by atomic mass is 10.0. The fourth-order valence-electron chi connectivity index (χ4n) is 11.2. The van der Waals surface area contributed by atoms with Gasteiger partial charge in [-0.25, -0.2) is 14.8 Å². The Labute approximate surface area is 845 Å². The van der Waals surface area contributed by atoms with E-state index in [9.17, 15) is 85.8 Å². The van der Waals surface area contributed by atoms with Gasteiger partial charge in [0.05, 0.1) is 26.4 Å². The first-order valence-corrected chi connectivity index (χ1v) is 65.3. The van der Waals surface area contributed by atoms with Crippen molar-refractivity contribution >= 4 is 185 Å². The minimum Gasteiger partial charge on any atom is -0.779 e. The van der Waals surface area contributed by atoms with Gasteiger partial charge in [0, 0.05) is 170 Å². The summed E-state index contributed by atoms with van der Waals surface area (Å²) in [6.07, 6.45) is 41.6. The van der Waals surface area contributed by atoms with Crippen LogP contribution in [0.2, 0.25) is 0 Å². The monoisotopic (exact) mass is 2150 g/mol. The molecule has 135 heavy (non-hydrogen) atoms. The third-order valence-corrected chi connectivity index (χ3v) is 32.6. The van der Waals surface area contributed by atoms with Crippen LogP contribution >= 0.6 is 127 Å². The van der Waals surface area contributed by atoms with Gasteiger partial charge in [0.1, 0.15) is 57.8 Å². The molecule has 0 aliphatic carbocycles. The fourth-order valence-corrected chi connectivity index (χ4v) is 19.7. The number of hydrogen-bond acceptors (Lipinski definition) is 34. The normalized spacial score (nSPS) is 13.1. The first kappa shape index (κ1) is 141. The highest BCUT2D eigenvalue weighted by Crippen LogP contribution is 2.39. The number of hydrogen-bond donors (Lipinski definition) is 5. The number of Topliss-reactive ketones (excluding diaryl/α,β-unsaturated/α-hetero) is 3. The van der Waals surface area contributed by atoms with E-state index in [2.05, 4.69) is 31.2 Å². The Bertz CT molecular complexity index is 3380. The van der Waals surface area contributed by atoms with E-state index in [1.54, 1.807) is 126 Å². The number of amides is 6. The molecule has 44 heteroatoms. The van der Waals surface area contributed by atoms with Gasteiger partial charge in [-0.2, -0.15) is 9.90 Å². The van der Waals surface area contributed by atoms with E-state index in [1.807, 2.05) is 76.6 Å². The van der Waals surface area contributed by atoms with Crippen molar-refractivity contribution in [2.75, 3.05) is 119 Å². The molecule has 0 aromatic carbocycles. The van der Waals surface area contributed by atoms with Crippen LogP contribution in [0.15, 0.2) is 58.8 Å². The summed E-state index contributed by atoms with van der Waals surface area (Å²) in [6.45, 7) is 18.7. The van der Waals surface area contributed by atoms with Gasteiger partial charge >= 0.3 is 5.97 Å². The van der Waals surface area contributed by atoms with E-state index in [1.165, 1.54) is 0 Å². The molecule has 6 amide bonds. The lowest BCUT2D eigenvalue weighted by Crippen LogP contribution is -2.31. The summed E-state index contributed by atoms with van der Waals surface area (Å²) in [5, 5.41) is 14.1. The second-order valence-corrected chi connectivity index (χ2v) is 48.9. The number of unbranched alkanes of at least 4 members (excludes halogenated alkanes) is 23. The van der Waals surface area contributed by atoms with Crippen molar-refractivity contribution in [3.8, 4) is 0 Å². The summed E-state index contributed by atoms with van der Waals surface area (Å²) in [7, 11) is -1.22. The van der Waals surface area contributed by atoms with Crippen LogP contribution in [0.3, 0.4) is 0 Å². The van der Waals surface area contributed by atoms with Crippen molar-refractivity contribution in [1.29, 1.82) is 0 Å². The third-order valence-electron chi connectivity index (χ3n) is 19.0. The molecule has 1 aliphatic rings. The van der Waals surface area contributed by atoms with Gasteiger partial charge in [0.15, 0.2) is 0 Å². The highest BCUT2D eigenvalue weighted by molar-refractivity contribution is 8.77. The van der Waals surface area contributed by atoms with Crippen LogP contribution in [0.25, 0.3) is 0 Å². The van der Waals surface area contributed by atoms with Gasteiger partial charge in [-0.05, 0) is 168 Å². The molecule has 3 heterocycles. The Morgan fingerprint density at radius 2 is 0.607 bits per heavy atom. The molecule has 1 aliphatic heterocycles. The van der Waals surface area contributed by atoms with Crippen LogP contribution in [-0.4, -0.2) is 193 Å². The lowest BCUT2D eigenvalue weighted by Gasteiger charge is -2.21. The number of nitrogens with one attached hydrogen (secondary N) is 4. The van der Waals surface area contributed by atoms with Gasteiger partial charge in [-0.1, -0.05) is 229 Å². The van der Waals surface area contributed by atoms with Crippen molar-refractivity contribution < 1.29 is 109 Å². The molecular weight excluding hydrogens is 1980 g/mol. The quantitative estimate of drug-likeness (QED) is 0.0178. The minimum absolute atomic E-state index is 0. The summed E-state index contributed by atoms with van der Waals surface area (Å²) in [5.41, 5.74) is 5.31. The Kier molecular flexibility index (Phi) is 106. The first-order chi connectivity index (χ1) is 64.4. The van der Waals surface area contributed by atoms with Crippen molar-refractivity contribution in [3.05, 3.63) is 48.8 Å². The minimum atomic E-state index is -3.61. The summed E-state index contributed by atoms with van der Waals surface area (Å²) < 4.78 is 63.7. The third kappa shape index (κ3) is 101. The van der Waals surface area contributed by atoms with Crippen molar-refractivity contribution in [2.45, 2.75) is 348 Å². The Morgan fingerprint density at radius 3 is 0.859 bits per heavy atom. The van der Waals surface area contributed by atoms with Crippen LogP contribution in [0.5, 0.6) is 0 Å². The van der Waals surface area contributed by atoms with Crippen molar-refractivity contribution in [2.24, 2.45) is 5.73 Å². The summed E-state index contributed by atoms with van der Waals surface area (Å²) >= 11 is 0. The van der Waals surface area contributed by atoms with E-state index in [4.69, 9.17) is 28.7 Å². The molecule has 2 aromatic heterocycles. The smallest absolute Gasteiger partial charge is 0.333 e. The zero-order valence-electron chi connectivity index (χ0n) is 82.8. The Morgan fingerprint density at radius 1 is 0.363 bits per heavy atom. The average molecular weight is 2150 g/mol. The van der Waals surface area contributed by atoms with Crippen molar-refractivity contribution in [3.63, 3.8) is 0 Å². The Balaban J connectivity index is -0.000000525. The van der Waals surface area contributed by atoms with Crippen LogP contribution in [0.4, 0.5) is 0 Å². The predicted molar refractivity (Wildman–Crippen MR) is 564 cm³/mol. The maximum atomic E-state index is 11.9. The zero-order valence-corrected chi connectivity index (χ0v) is 94.3. The second kappa shape index (κ2) is 102. The Hall–Kier alpha value is -2.41. The summed E-state index contributed by atoms with van der Waals surface area (Å²) in [5.74, 6) is 2.82. The van der Waals surface area contributed by atoms with E-state index in [-0.39, 0.29) is 97.3 Å². The highest BCUT2D eigenvalue weighted by atomic mass is 33.1. The molecule has 3 rings (SSSR count). The topological polar surface area (TPSA) is 481 Å². The highest BCUT2D eigenvalue weighted by Gasteiger charge is 2.33. The fraction of sp³-hybridized carbons (Fsp3) is 0.780. The number of hydroxylamine groups is 2. The van der Waals surface area contributed by atoms with E-state index < -0.39 is 48.2 Å². The molecule has 5 atom stereocenters. The molecule has 6 N–H and O–H groups in total. The van der Waals surface area contributed by atoms with Gasteiger partial charge in [0.25, 0.3) is 11.8 Å². The molecule has 5 unspecified atom stereocenters. The van der Waals surface area contributed by atoms with Gasteiger partial charge in [-0.15, -0.1) is 5.06 Å². The number of imide groups is 1. The van der Waals surface area contributed by atoms with Gasteiger partial charge < -0.3 is 87.8 Å². The molecule has 1 fully saturated rings. The molecule has 788 valence electrons. The number of pyridine rings is 2. The largest absolute Gasteiger partial charge is 0.779 e. The molecule has 31 nitrogen and oxygen atoms in total. The van der Waals surface area contributed by atoms with E-state index >= 15 is 0 Å². The standard InChI is InChI=1S/C23H39N2O5PS2.2C19H38NO5PS2.C18H23N3O5S2.C8H20NO3P.2C2H6.H3P/c1-2-31(28,29)30-19-12-5-3-4-7-13-21(26)14-8-6-10-17-24-22(27)16-20-32-33-23-15-9-11-18-25-23;2*1-3-26(23,24)25-16-11-6-4-5-8-12-18(21)13-9-7-10-15-20-19(22)14-17-28-27-2;22-14(10-13-27-28-15-6-3-5-12-20-15)19-11-4-1-2-7-18(25)26-21-16(23)8-9-17(21)24;1-2-13(10,11)12-8-6-4-3-5-7-9;2*1-2;/h9,11,15,18H,2-8,10,12-14,16-17,19-20H2,1H3,(H,24,27)(H,28,29);2*3-17H2,1-2H3,(H,20,22)(H,23,24);3,5-6,12H,1-2,4,7-11,13H2,(H,19,22);2-9H2,1H3,(H,10,11);2*1-2H3;1H3/p-4. The number of carbonyl (C=O) groups excluding carboxylic acids is 10. The summed E-state index contributed by atoms with van der Waals surface area (Å²) in [6, 6.07) is 11.5. The first-order valence-electron chi connectivity index (χ1n) is 48.3. The van der Waals surface area contributed by atoms with Crippen LogP contribution in [0, 0.1) is 0 Å². The van der Waals surface area contributed by atoms with Gasteiger partial charge in [0.2, 0.25) is 23.6 Å². The zero-order chi connectivity index (χ0) is 101. The SMILES string of the molecule is CC.CC.CCP(=O)([O-])OCCCCCCCC(=O)CCCCCNC(=O)CCSSC.CCP(=O)([O-])OCCCCCCCC(=O)CCCCCNC(=O)CCSSC.CCP(=O)([O-])OCCCCCCCC(=O)CCCCCNC(=O)CCSSc1ccccn1.CCP(=O)([O-])OCCCCCCN.O=C(CCSSc1ccccn1)NCCCCCC(=O)ON1C(=O)CCC1=O.P. The maximum absolute atomic E-state index is 11.9. The molecule has 0 bridgehead atoms. The molecular formula is C91H169N8O23P5S8-4. The molecule has 0 radical (unpaired) electrons. The van der Waals surface area contributed by atoms with Gasteiger partial charge in [-0.3, -0.25) is 43.2 Å². The number of carbonyl (C=O) groups is 10. The molecule has 0 spiro atoms. The average Bonchev–Trinajstić information content (AvgIpc) is 1.73. The second-order valence-electron chi connectivity index (χ2n) is 30.2. The molecule has 0 saturated carbocycles. The lowest BCUT2D eigenvalue weighted by molar-refractivity contribution is -0.199. The van der Waals surface area contributed by atoms with E-state index in [0.29, 0.717) is 138 Å². The number of aromatic nitrogens is 2. The van der Waals surface area contributed by atoms with E-state index in [0.717, 1.165) is 220 Å². The summed E-state index contributed by atoms with van der Waals surface area (Å²) in [4.78, 5) is 174. The molecule has 2 aromatic rings. The number of rotatable bonds is 81. The molecule has 1 saturated heterocycles. The number of nitrogens with two attached hydrogens (primary N) is 1. The van der Waals surface area contributed by atoms with Crippen molar-refractivity contribution in [1.82, 2.24) is 36.3 Å².